The maximum Gasteiger partial charge on any atom is 0.387 e. The highest BCUT2D eigenvalue weighted by Gasteiger charge is 2.33. The summed E-state index contributed by atoms with van der Waals surface area (Å²) in [4.78, 5) is 12.6. The van der Waals surface area contributed by atoms with E-state index in [1.54, 1.807) is 0 Å². The highest BCUT2D eigenvalue weighted by atomic mass is 19.3. The number of carbonyl (C=O) groups is 1. The van der Waals surface area contributed by atoms with Gasteiger partial charge in [0.25, 0.3) is 0 Å². The van der Waals surface area contributed by atoms with Crippen molar-refractivity contribution in [3.05, 3.63) is 24.3 Å². The molecule has 0 aliphatic heterocycles. The maximum atomic E-state index is 12.6. The number of benzene rings is 1. The van der Waals surface area contributed by atoms with Crippen LogP contribution in [0.25, 0.3) is 0 Å². The molecule has 0 aromatic heterocycles. The molecular weight excluding hydrogens is 434 g/mol. The molecule has 2 aliphatic carbocycles. The van der Waals surface area contributed by atoms with Crippen molar-refractivity contribution >= 4 is 5.97 Å². The van der Waals surface area contributed by atoms with Gasteiger partial charge in [-0.3, -0.25) is 4.79 Å². The molecule has 2 aliphatic rings. The number of esters is 1. The van der Waals surface area contributed by atoms with Crippen molar-refractivity contribution in [3.8, 4) is 11.5 Å². The van der Waals surface area contributed by atoms with Gasteiger partial charge in [-0.15, -0.1) is 0 Å². The Bertz CT molecular complexity index is 690. The van der Waals surface area contributed by atoms with Crippen LogP contribution in [0, 0.1) is 23.7 Å². The van der Waals surface area contributed by atoms with Crippen LogP contribution in [0.1, 0.15) is 110 Å². The zero-order valence-electron chi connectivity index (χ0n) is 21.0. The summed E-state index contributed by atoms with van der Waals surface area (Å²) >= 11 is 0. The summed E-state index contributed by atoms with van der Waals surface area (Å²) in [7, 11) is 0. The second kappa shape index (κ2) is 14.7. The van der Waals surface area contributed by atoms with E-state index in [-0.39, 0.29) is 17.6 Å². The van der Waals surface area contributed by atoms with Gasteiger partial charge in [-0.1, -0.05) is 71.1 Å². The Morgan fingerprint density at radius 3 is 1.91 bits per heavy atom. The standard InChI is InChI=1S/C29H44F2O3/c1-2-3-4-5-6-7-8-9-22-10-12-23(13-11-22)24-14-16-25(17-15-24)28(32)33-26-18-20-27(21-19-26)34-29(30)31/h18-25,29H,2-17H2,1H3/t22-,23-,24-,25-. The van der Waals surface area contributed by atoms with E-state index in [0.717, 1.165) is 43.4 Å². The molecule has 1 aromatic rings. The van der Waals surface area contributed by atoms with Crippen LogP contribution < -0.4 is 9.47 Å². The highest BCUT2D eigenvalue weighted by molar-refractivity contribution is 5.75. The van der Waals surface area contributed by atoms with Gasteiger partial charge in [0.1, 0.15) is 11.5 Å². The minimum atomic E-state index is -2.86. The molecule has 0 unspecified atom stereocenters. The van der Waals surface area contributed by atoms with Crippen LogP contribution in [0.5, 0.6) is 11.5 Å². The van der Waals surface area contributed by atoms with Gasteiger partial charge in [0.05, 0.1) is 5.92 Å². The minimum absolute atomic E-state index is 0.0538. The van der Waals surface area contributed by atoms with Crippen LogP contribution in [0.4, 0.5) is 8.78 Å². The Balaban J connectivity index is 1.29. The Morgan fingerprint density at radius 2 is 1.32 bits per heavy atom. The first kappa shape index (κ1) is 26.9. The van der Waals surface area contributed by atoms with E-state index in [1.165, 1.54) is 101 Å². The van der Waals surface area contributed by atoms with Crippen molar-refractivity contribution in [2.24, 2.45) is 23.7 Å². The average Bonchev–Trinajstić information content (AvgIpc) is 2.85. The number of hydrogen-bond donors (Lipinski definition) is 0. The lowest BCUT2D eigenvalue weighted by Crippen LogP contribution is -2.30. The van der Waals surface area contributed by atoms with Crippen LogP contribution in [0.15, 0.2) is 24.3 Å². The Kier molecular flexibility index (Phi) is 11.6. The van der Waals surface area contributed by atoms with Gasteiger partial charge in [-0.25, -0.2) is 0 Å². The van der Waals surface area contributed by atoms with E-state index in [2.05, 4.69) is 11.7 Å². The fourth-order valence-corrected chi connectivity index (χ4v) is 6.05. The molecule has 3 rings (SSSR count). The maximum absolute atomic E-state index is 12.6. The third-order valence-electron chi connectivity index (χ3n) is 8.15. The number of halogens is 2. The number of carbonyl (C=O) groups excluding carboxylic acids is 1. The molecule has 0 saturated heterocycles. The van der Waals surface area contributed by atoms with Crippen molar-refractivity contribution in [3.63, 3.8) is 0 Å². The molecule has 0 N–H and O–H groups in total. The number of ether oxygens (including phenoxy) is 2. The van der Waals surface area contributed by atoms with Crippen molar-refractivity contribution in [1.82, 2.24) is 0 Å². The summed E-state index contributed by atoms with van der Waals surface area (Å²) in [5.74, 6) is 2.73. The molecule has 0 atom stereocenters. The topological polar surface area (TPSA) is 35.5 Å². The lowest BCUT2D eigenvalue weighted by molar-refractivity contribution is -0.140. The van der Waals surface area contributed by atoms with Crippen LogP contribution in [-0.4, -0.2) is 12.6 Å². The van der Waals surface area contributed by atoms with Gasteiger partial charge in [-0.2, -0.15) is 8.78 Å². The fraction of sp³-hybridized carbons (Fsp3) is 0.759. The molecule has 2 fully saturated rings. The van der Waals surface area contributed by atoms with E-state index in [1.807, 2.05) is 0 Å². The van der Waals surface area contributed by atoms with Crippen LogP contribution in [0.2, 0.25) is 0 Å². The fourth-order valence-electron chi connectivity index (χ4n) is 6.05. The lowest BCUT2D eigenvalue weighted by atomic mass is 9.68. The Labute approximate surface area is 205 Å². The first-order valence-electron chi connectivity index (χ1n) is 13.8. The first-order chi connectivity index (χ1) is 16.5. The van der Waals surface area contributed by atoms with E-state index in [4.69, 9.17) is 4.74 Å². The molecule has 1 aromatic carbocycles. The zero-order chi connectivity index (χ0) is 24.2. The quantitative estimate of drug-likeness (QED) is 0.161. The summed E-state index contributed by atoms with van der Waals surface area (Å²) < 4.78 is 34.4. The number of alkyl halides is 2. The van der Waals surface area contributed by atoms with Crippen LogP contribution in [0.3, 0.4) is 0 Å². The molecule has 5 heteroatoms. The van der Waals surface area contributed by atoms with Gasteiger partial charge in [0, 0.05) is 0 Å². The summed E-state index contributed by atoms with van der Waals surface area (Å²) in [6.07, 6.45) is 20.8. The van der Waals surface area contributed by atoms with Crippen molar-refractivity contribution < 1.29 is 23.0 Å². The molecule has 0 heterocycles. The van der Waals surface area contributed by atoms with Gasteiger partial charge >= 0.3 is 12.6 Å². The van der Waals surface area contributed by atoms with Gasteiger partial charge < -0.3 is 9.47 Å². The van der Waals surface area contributed by atoms with Gasteiger partial charge in [0.15, 0.2) is 0 Å². The summed E-state index contributed by atoms with van der Waals surface area (Å²) in [6.45, 7) is -0.583. The van der Waals surface area contributed by atoms with Crippen molar-refractivity contribution in [1.29, 1.82) is 0 Å². The molecule has 0 amide bonds. The number of hydrogen-bond acceptors (Lipinski definition) is 3. The molecule has 192 valence electrons. The largest absolute Gasteiger partial charge is 0.435 e. The van der Waals surface area contributed by atoms with E-state index in [9.17, 15) is 13.6 Å². The second-order valence-corrected chi connectivity index (χ2v) is 10.6. The number of rotatable bonds is 13. The van der Waals surface area contributed by atoms with E-state index >= 15 is 0 Å². The molecular formula is C29H44F2O3. The molecule has 0 spiro atoms. The molecule has 34 heavy (non-hydrogen) atoms. The smallest absolute Gasteiger partial charge is 0.387 e. The van der Waals surface area contributed by atoms with Gasteiger partial charge in [-0.05, 0) is 80.5 Å². The molecule has 2 saturated carbocycles. The molecule has 0 bridgehead atoms. The monoisotopic (exact) mass is 478 g/mol. The summed E-state index contributed by atoms with van der Waals surface area (Å²) in [5, 5.41) is 0. The van der Waals surface area contributed by atoms with E-state index in [0.29, 0.717) is 5.75 Å². The highest BCUT2D eigenvalue weighted by Crippen LogP contribution is 2.42. The van der Waals surface area contributed by atoms with Gasteiger partial charge in [0.2, 0.25) is 0 Å². The van der Waals surface area contributed by atoms with Crippen molar-refractivity contribution in [2.45, 2.75) is 116 Å². The number of unbranched alkanes of at least 4 members (excludes halogenated alkanes) is 6. The third kappa shape index (κ3) is 9.19. The molecule has 3 nitrogen and oxygen atoms in total. The Hall–Kier alpha value is -1.65. The minimum Gasteiger partial charge on any atom is -0.435 e. The predicted octanol–water partition coefficient (Wildman–Crippen LogP) is 8.95. The zero-order valence-corrected chi connectivity index (χ0v) is 21.0. The lowest BCUT2D eigenvalue weighted by Gasteiger charge is -2.37. The van der Waals surface area contributed by atoms with E-state index < -0.39 is 6.61 Å². The third-order valence-corrected chi connectivity index (χ3v) is 8.15. The SMILES string of the molecule is CCCCCCCCC[C@H]1CC[C@H]([C@H]2CC[C@H](C(=O)Oc3ccc(OC(F)F)cc3)CC2)CC1. The summed E-state index contributed by atoms with van der Waals surface area (Å²) in [6, 6.07) is 5.81. The second-order valence-electron chi connectivity index (χ2n) is 10.6. The Morgan fingerprint density at radius 1 is 0.794 bits per heavy atom. The predicted molar refractivity (Wildman–Crippen MR) is 132 cm³/mol. The first-order valence-corrected chi connectivity index (χ1v) is 13.8. The average molecular weight is 479 g/mol. The van der Waals surface area contributed by atoms with Crippen LogP contribution >= 0.6 is 0 Å². The normalized spacial score (nSPS) is 25.3. The van der Waals surface area contributed by atoms with Crippen LogP contribution in [-0.2, 0) is 4.79 Å². The van der Waals surface area contributed by atoms with Crippen molar-refractivity contribution in [2.75, 3.05) is 0 Å². The summed E-state index contributed by atoms with van der Waals surface area (Å²) in [5.41, 5.74) is 0. The molecule has 0 radical (unpaired) electrons.